The van der Waals surface area contributed by atoms with Crippen LogP contribution in [-0.2, 0) is 0 Å². The highest BCUT2D eigenvalue weighted by Crippen LogP contribution is 2.36. The summed E-state index contributed by atoms with van der Waals surface area (Å²) >= 11 is 9.31. The van der Waals surface area contributed by atoms with Crippen molar-refractivity contribution in [2.24, 2.45) is 0 Å². The van der Waals surface area contributed by atoms with E-state index in [2.05, 4.69) is 24.8 Å². The van der Waals surface area contributed by atoms with Crippen molar-refractivity contribution in [2.75, 3.05) is 26.2 Å². The van der Waals surface area contributed by atoms with Gasteiger partial charge in [0.15, 0.2) is 4.34 Å². The molecule has 0 bridgehead atoms. The fourth-order valence-electron chi connectivity index (χ4n) is 2.79. The molecule has 1 aromatic heterocycles. The number of thiazole rings is 1. The Morgan fingerprint density at radius 2 is 1.85 bits per heavy atom. The van der Waals surface area contributed by atoms with Gasteiger partial charge in [0.1, 0.15) is 5.75 Å². The maximum absolute atomic E-state index is 5.95. The molecule has 3 rings (SSSR count). The van der Waals surface area contributed by atoms with Gasteiger partial charge in [-0.15, -0.1) is 11.3 Å². The molecule has 0 saturated heterocycles. The second-order valence-corrected chi connectivity index (χ2v) is 9.04. The third kappa shape index (κ3) is 6.11. The van der Waals surface area contributed by atoms with Crippen LogP contribution in [0.15, 0.2) is 51.7 Å². The molecule has 6 heteroatoms. The number of aromatic nitrogens is 1. The lowest BCUT2D eigenvalue weighted by Gasteiger charge is -2.17. The number of benzene rings is 2. The van der Waals surface area contributed by atoms with Gasteiger partial charge in [-0.1, -0.05) is 37.2 Å². The molecule has 0 amide bonds. The Labute approximate surface area is 174 Å². The van der Waals surface area contributed by atoms with Crippen LogP contribution in [0.4, 0.5) is 0 Å². The van der Waals surface area contributed by atoms with Gasteiger partial charge >= 0.3 is 0 Å². The van der Waals surface area contributed by atoms with Gasteiger partial charge in [-0.05, 0) is 74.9 Å². The lowest BCUT2D eigenvalue weighted by molar-refractivity contribution is 0.266. The zero-order chi connectivity index (χ0) is 19.1. The first-order chi connectivity index (χ1) is 13.2. The maximum Gasteiger partial charge on any atom is 0.155 e. The van der Waals surface area contributed by atoms with Gasteiger partial charge in [0.05, 0.1) is 16.8 Å². The van der Waals surface area contributed by atoms with E-state index in [1.165, 1.54) is 6.42 Å². The van der Waals surface area contributed by atoms with E-state index in [-0.39, 0.29) is 0 Å². The number of hydrogen-bond acceptors (Lipinski definition) is 5. The Balaban J connectivity index is 1.53. The summed E-state index contributed by atoms with van der Waals surface area (Å²) in [6.07, 6.45) is 2.25. The summed E-state index contributed by atoms with van der Waals surface area (Å²) in [4.78, 5) is 8.30. The molecular weight excluding hydrogens is 396 g/mol. The van der Waals surface area contributed by atoms with Gasteiger partial charge in [-0.2, -0.15) is 0 Å². The molecule has 0 spiro atoms. The molecule has 3 aromatic rings. The van der Waals surface area contributed by atoms with Gasteiger partial charge in [0, 0.05) is 9.92 Å². The molecule has 27 heavy (non-hydrogen) atoms. The van der Waals surface area contributed by atoms with Crippen LogP contribution in [0.25, 0.3) is 10.2 Å². The van der Waals surface area contributed by atoms with Gasteiger partial charge < -0.3 is 9.64 Å². The molecule has 2 aromatic carbocycles. The maximum atomic E-state index is 5.95. The van der Waals surface area contributed by atoms with E-state index in [4.69, 9.17) is 21.3 Å². The standard InChI is InChI=1S/C21H25ClN2OS2/c1-3-24(4-2)13-5-6-14-25-17-9-12-19-20(15-17)27-21(23-19)26-18-10-7-16(22)8-11-18/h7-12,15H,3-6,13-14H2,1-2H3. The smallest absolute Gasteiger partial charge is 0.155 e. The van der Waals surface area contributed by atoms with Crippen LogP contribution in [0.5, 0.6) is 5.75 Å². The highest BCUT2D eigenvalue weighted by atomic mass is 35.5. The number of ether oxygens (including phenoxy) is 1. The van der Waals surface area contributed by atoms with Gasteiger partial charge in [0.2, 0.25) is 0 Å². The lowest BCUT2D eigenvalue weighted by Crippen LogP contribution is -2.24. The van der Waals surface area contributed by atoms with Crippen LogP contribution in [-0.4, -0.2) is 36.1 Å². The molecule has 144 valence electrons. The lowest BCUT2D eigenvalue weighted by atomic mass is 10.3. The number of nitrogens with zero attached hydrogens (tertiary/aromatic N) is 2. The topological polar surface area (TPSA) is 25.4 Å². The first-order valence-corrected chi connectivity index (χ1v) is 11.4. The van der Waals surface area contributed by atoms with Crippen molar-refractivity contribution >= 4 is 44.9 Å². The van der Waals surface area contributed by atoms with Crippen LogP contribution in [0.2, 0.25) is 5.02 Å². The van der Waals surface area contributed by atoms with Crippen molar-refractivity contribution < 1.29 is 4.74 Å². The van der Waals surface area contributed by atoms with E-state index >= 15 is 0 Å². The molecule has 0 aliphatic rings. The SMILES string of the molecule is CCN(CC)CCCCOc1ccc2nc(Sc3ccc(Cl)cc3)sc2c1. The first-order valence-electron chi connectivity index (χ1n) is 9.37. The van der Waals surface area contributed by atoms with Crippen molar-refractivity contribution in [3.05, 3.63) is 47.5 Å². The fraction of sp³-hybridized carbons (Fsp3) is 0.381. The quantitative estimate of drug-likeness (QED) is 0.345. The molecular formula is C21H25ClN2OS2. The van der Waals surface area contributed by atoms with Gasteiger partial charge in [-0.3, -0.25) is 0 Å². The molecule has 0 unspecified atom stereocenters. The van der Waals surface area contributed by atoms with E-state index in [9.17, 15) is 0 Å². The molecule has 0 fully saturated rings. The molecule has 3 nitrogen and oxygen atoms in total. The summed E-state index contributed by atoms with van der Waals surface area (Å²) in [7, 11) is 0. The van der Waals surface area contributed by atoms with Crippen LogP contribution < -0.4 is 4.74 Å². The number of rotatable bonds is 10. The highest BCUT2D eigenvalue weighted by molar-refractivity contribution is 8.01. The highest BCUT2D eigenvalue weighted by Gasteiger charge is 2.07. The number of hydrogen-bond donors (Lipinski definition) is 0. The van der Waals surface area contributed by atoms with E-state index in [0.29, 0.717) is 0 Å². The minimum atomic E-state index is 0.752. The van der Waals surface area contributed by atoms with Crippen molar-refractivity contribution in [1.82, 2.24) is 9.88 Å². The zero-order valence-corrected chi connectivity index (χ0v) is 18.2. The molecule has 0 N–H and O–H groups in total. The first kappa shape index (κ1) is 20.5. The van der Waals surface area contributed by atoms with Crippen molar-refractivity contribution in [3.8, 4) is 5.75 Å². The van der Waals surface area contributed by atoms with Crippen molar-refractivity contribution in [2.45, 2.75) is 35.9 Å². The third-order valence-electron chi connectivity index (χ3n) is 4.39. The molecule has 0 saturated carbocycles. The summed E-state index contributed by atoms with van der Waals surface area (Å²) in [5.74, 6) is 0.928. The Hall–Kier alpha value is -1.27. The second kappa shape index (κ2) is 10.3. The van der Waals surface area contributed by atoms with Crippen LogP contribution in [0, 0.1) is 0 Å². The molecule has 0 aliphatic carbocycles. The van der Waals surface area contributed by atoms with E-state index in [0.717, 1.165) is 62.9 Å². The summed E-state index contributed by atoms with van der Waals surface area (Å²) < 4.78 is 8.13. The largest absolute Gasteiger partial charge is 0.494 e. The van der Waals surface area contributed by atoms with Crippen molar-refractivity contribution in [3.63, 3.8) is 0 Å². The van der Waals surface area contributed by atoms with Crippen LogP contribution in [0.1, 0.15) is 26.7 Å². The third-order valence-corrected chi connectivity index (χ3v) is 6.73. The molecule has 0 atom stereocenters. The average molecular weight is 421 g/mol. The molecule has 1 heterocycles. The van der Waals surface area contributed by atoms with Crippen LogP contribution >= 0.6 is 34.7 Å². The van der Waals surface area contributed by atoms with Gasteiger partial charge in [0.25, 0.3) is 0 Å². The van der Waals surface area contributed by atoms with Gasteiger partial charge in [-0.25, -0.2) is 4.98 Å². The van der Waals surface area contributed by atoms with E-state index < -0.39 is 0 Å². The van der Waals surface area contributed by atoms with Crippen molar-refractivity contribution in [1.29, 1.82) is 0 Å². The second-order valence-electron chi connectivity index (χ2n) is 6.25. The minimum absolute atomic E-state index is 0.752. The Kier molecular flexibility index (Phi) is 7.82. The number of halogens is 1. The Morgan fingerprint density at radius 1 is 1.07 bits per heavy atom. The Morgan fingerprint density at radius 3 is 2.59 bits per heavy atom. The van der Waals surface area contributed by atoms with Crippen LogP contribution in [0.3, 0.4) is 0 Å². The molecule has 0 radical (unpaired) electrons. The summed E-state index contributed by atoms with van der Waals surface area (Å²) in [5, 5.41) is 0.752. The summed E-state index contributed by atoms with van der Waals surface area (Å²) in [6.45, 7) is 8.58. The van der Waals surface area contributed by atoms with E-state index in [1.807, 2.05) is 36.4 Å². The predicted molar refractivity (Wildman–Crippen MR) is 118 cm³/mol. The number of unbranched alkanes of at least 4 members (excludes halogenated alkanes) is 1. The predicted octanol–water partition coefficient (Wildman–Crippen LogP) is 6.60. The monoisotopic (exact) mass is 420 g/mol. The summed E-state index contributed by atoms with van der Waals surface area (Å²) in [6, 6.07) is 14.0. The summed E-state index contributed by atoms with van der Waals surface area (Å²) in [5.41, 5.74) is 1.02. The normalized spacial score (nSPS) is 11.4. The zero-order valence-electron chi connectivity index (χ0n) is 15.8. The minimum Gasteiger partial charge on any atom is -0.494 e. The average Bonchev–Trinajstić information content (AvgIpc) is 3.08. The molecule has 0 aliphatic heterocycles. The van der Waals surface area contributed by atoms with E-state index in [1.54, 1.807) is 23.1 Å². The number of fused-ring (bicyclic) bond motifs is 1. The fourth-order valence-corrected chi connectivity index (χ4v) is 4.98. The Bertz CT molecular complexity index is 847.